The Balaban J connectivity index is 2.09. The molecule has 3 heteroatoms. The van der Waals surface area contributed by atoms with Crippen LogP contribution in [0.3, 0.4) is 0 Å². The fraction of sp³-hybridized carbons (Fsp3) is 0.348. The Hall–Kier alpha value is -2.39. The van der Waals surface area contributed by atoms with Crippen LogP contribution in [0.4, 0.5) is 0 Å². The molecule has 0 unspecified atom stereocenters. The summed E-state index contributed by atoms with van der Waals surface area (Å²) in [6, 6.07) is 18.6. The summed E-state index contributed by atoms with van der Waals surface area (Å²) in [4.78, 5) is 17.1. The van der Waals surface area contributed by atoms with Crippen LogP contribution in [0, 0.1) is 0 Å². The average molecular weight is 351 g/mol. The van der Waals surface area contributed by atoms with Crippen LogP contribution in [0.25, 0.3) is 0 Å². The molecule has 2 aromatic rings. The molecule has 3 nitrogen and oxygen atoms in total. The van der Waals surface area contributed by atoms with E-state index in [4.69, 9.17) is 0 Å². The highest BCUT2D eigenvalue weighted by atomic mass is 16.2. The van der Waals surface area contributed by atoms with Gasteiger partial charge in [0.1, 0.15) is 0 Å². The number of hydrogen-bond acceptors (Lipinski definition) is 2. The Bertz CT molecular complexity index is 692. The average Bonchev–Trinajstić information content (AvgIpc) is 2.66. The van der Waals surface area contributed by atoms with Crippen LogP contribution in [0.15, 0.2) is 67.3 Å². The van der Waals surface area contributed by atoms with Crippen LogP contribution in [-0.4, -0.2) is 34.8 Å². The van der Waals surface area contributed by atoms with Crippen molar-refractivity contribution in [2.75, 3.05) is 13.1 Å². The highest BCUT2D eigenvalue weighted by Crippen LogP contribution is 2.13. The van der Waals surface area contributed by atoms with Gasteiger partial charge in [0.25, 0.3) is 5.91 Å². The highest BCUT2D eigenvalue weighted by molar-refractivity contribution is 5.94. The summed E-state index contributed by atoms with van der Waals surface area (Å²) in [6.07, 6.45) is 1.77. The Morgan fingerprint density at radius 2 is 1.62 bits per heavy atom. The first-order chi connectivity index (χ1) is 12.5. The summed E-state index contributed by atoms with van der Waals surface area (Å²) < 4.78 is 0. The molecule has 0 saturated heterocycles. The van der Waals surface area contributed by atoms with Crippen molar-refractivity contribution < 1.29 is 4.79 Å². The molecule has 0 aliphatic rings. The third-order valence-electron chi connectivity index (χ3n) is 4.58. The van der Waals surface area contributed by atoms with Crippen molar-refractivity contribution in [2.24, 2.45) is 0 Å². The first kappa shape index (κ1) is 19.9. The first-order valence-electron chi connectivity index (χ1n) is 9.32. The highest BCUT2D eigenvalue weighted by Gasteiger charge is 2.15. The van der Waals surface area contributed by atoms with Gasteiger partial charge >= 0.3 is 0 Å². The smallest absolute Gasteiger partial charge is 0.254 e. The minimum absolute atomic E-state index is 0.0384. The molecule has 0 bridgehead atoms. The number of hydrogen-bond donors (Lipinski definition) is 0. The van der Waals surface area contributed by atoms with Gasteiger partial charge in [-0.25, -0.2) is 0 Å². The van der Waals surface area contributed by atoms with E-state index >= 15 is 0 Å². The minimum atomic E-state index is 0.0384. The van der Waals surface area contributed by atoms with E-state index in [1.807, 2.05) is 47.4 Å². The molecule has 138 valence electrons. The second-order valence-corrected chi connectivity index (χ2v) is 6.81. The quantitative estimate of drug-likeness (QED) is 0.610. The largest absolute Gasteiger partial charge is 0.331 e. The van der Waals surface area contributed by atoms with E-state index in [0.29, 0.717) is 19.1 Å². The number of rotatable bonds is 9. The van der Waals surface area contributed by atoms with Crippen molar-refractivity contribution >= 4 is 5.91 Å². The molecule has 0 aliphatic carbocycles. The number of carbonyl (C=O) groups is 1. The summed E-state index contributed by atoms with van der Waals surface area (Å²) in [6.45, 7) is 13.4. The lowest BCUT2D eigenvalue weighted by atomic mass is 10.1. The van der Waals surface area contributed by atoms with Crippen molar-refractivity contribution in [1.82, 2.24) is 9.80 Å². The zero-order valence-corrected chi connectivity index (χ0v) is 16.2. The molecule has 0 aromatic heterocycles. The lowest BCUT2D eigenvalue weighted by Crippen LogP contribution is -2.31. The SMILES string of the molecule is C=CCN(Cc1ccccc1)C(=O)c1ccc(CN(CC)C(C)C)cc1. The molecule has 2 rings (SSSR count). The third kappa shape index (κ3) is 5.57. The second kappa shape index (κ2) is 9.93. The van der Waals surface area contributed by atoms with Gasteiger partial charge < -0.3 is 4.90 Å². The topological polar surface area (TPSA) is 23.6 Å². The van der Waals surface area contributed by atoms with Crippen LogP contribution in [0.2, 0.25) is 0 Å². The van der Waals surface area contributed by atoms with Crippen molar-refractivity contribution in [1.29, 1.82) is 0 Å². The number of amides is 1. The zero-order chi connectivity index (χ0) is 18.9. The molecular formula is C23H30N2O. The maximum atomic E-state index is 12.9. The maximum Gasteiger partial charge on any atom is 0.254 e. The van der Waals surface area contributed by atoms with Gasteiger partial charge in [-0.2, -0.15) is 0 Å². The van der Waals surface area contributed by atoms with Crippen LogP contribution in [0.5, 0.6) is 0 Å². The third-order valence-corrected chi connectivity index (χ3v) is 4.58. The van der Waals surface area contributed by atoms with E-state index in [-0.39, 0.29) is 5.91 Å². The van der Waals surface area contributed by atoms with Gasteiger partial charge in [0.05, 0.1) is 0 Å². The van der Waals surface area contributed by atoms with Crippen molar-refractivity contribution in [2.45, 2.75) is 39.9 Å². The van der Waals surface area contributed by atoms with Crippen LogP contribution < -0.4 is 0 Å². The van der Waals surface area contributed by atoms with Gasteiger partial charge in [0, 0.05) is 31.2 Å². The van der Waals surface area contributed by atoms with Crippen molar-refractivity contribution in [3.8, 4) is 0 Å². The van der Waals surface area contributed by atoms with Gasteiger partial charge in [0.2, 0.25) is 0 Å². The molecule has 0 atom stereocenters. The number of benzene rings is 2. The normalized spacial score (nSPS) is 11.0. The molecule has 0 saturated carbocycles. The minimum Gasteiger partial charge on any atom is -0.331 e. The van der Waals surface area contributed by atoms with Crippen LogP contribution in [-0.2, 0) is 13.1 Å². The molecule has 0 N–H and O–H groups in total. The van der Waals surface area contributed by atoms with Gasteiger partial charge in [-0.1, -0.05) is 55.5 Å². The van der Waals surface area contributed by atoms with Gasteiger partial charge in [-0.15, -0.1) is 6.58 Å². The van der Waals surface area contributed by atoms with Gasteiger partial charge in [0.15, 0.2) is 0 Å². The van der Waals surface area contributed by atoms with E-state index in [1.54, 1.807) is 6.08 Å². The molecule has 26 heavy (non-hydrogen) atoms. The van der Waals surface area contributed by atoms with E-state index in [0.717, 1.165) is 24.2 Å². The van der Waals surface area contributed by atoms with E-state index in [9.17, 15) is 4.79 Å². The van der Waals surface area contributed by atoms with Crippen LogP contribution in [0.1, 0.15) is 42.3 Å². The standard InChI is InChI=1S/C23H30N2O/c1-5-16-25(18-20-10-8-7-9-11-20)23(26)22-14-12-21(13-15-22)17-24(6-2)19(3)4/h5,7-15,19H,1,6,16-18H2,2-4H3. The Kier molecular flexibility index (Phi) is 7.61. The van der Waals surface area contributed by atoms with Crippen molar-refractivity contribution in [3.63, 3.8) is 0 Å². The van der Waals surface area contributed by atoms with Crippen LogP contribution >= 0.6 is 0 Å². The Morgan fingerprint density at radius 1 is 1.00 bits per heavy atom. The first-order valence-corrected chi connectivity index (χ1v) is 9.32. The fourth-order valence-corrected chi connectivity index (χ4v) is 3.01. The molecule has 0 heterocycles. The summed E-state index contributed by atoms with van der Waals surface area (Å²) in [5.41, 5.74) is 3.07. The Labute approximate surface area is 157 Å². The second-order valence-electron chi connectivity index (χ2n) is 6.81. The Morgan fingerprint density at radius 3 is 2.15 bits per heavy atom. The molecule has 1 amide bonds. The number of carbonyl (C=O) groups excluding carboxylic acids is 1. The fourth-order valence-electron chi connectivity index (χ4n) is 3.01. The summed E-state index contributed by atoms with van der Waals surface area (Å²) in [7, 11) is 0. The monoisotopic (exact) mass is 350 g/mol. The molecular weight excluding hydrogens is 320 g/mol. The lowest BCUT2D eigenvalue weighted by Gasteiger charge is -2.25. The predicted molar refractivity (Wildman–Crippen MR) is 109 cm³/mol. The summed E-state index contributed by atoms with van der Waals surface area (Å²) >= 11 is 0. The lowest BCUT2D eigenvalue weighted by molar-refractivity contribution is 0.0762. The summed E-state index contributed by atoms with van der Waals surface area (Å²) in [5.74, 6) is 0.0384. The van der Waals surface area contributed by atoms with E-state index < -0.39 is 0 Å². The van der Waals surface area contributed by atoms with Crippen molar-refractivity contribution in [3.05, 3.63) is 83.9 Å². The zero-order valence-electron chi connectivity index (χ0n) is 16.2. The molecule has 0 aliphatic heterocycles. The van der Waals surface area contributed by atoms with E-state index in [2.05, 4.69) is 44.4 Å². The summed E-state index contributed by atoms with van der Waals surface area (Å²) in [5, 5.41) is 0. The van der Waals surface area contributed by atoms with E-state index in [1.165, 1.54) is 5.56 Å². The molecule has 0 fully saturated rings. The molecule has 0 radical (unpaired) electrons. The molecule has 2 aromatic carbocycles. The number of nitrogens with zero attached hydrogens (tertiary/aromatic N) is 2. The molecule has 0 spiro atoms. The maximum absolute atomic E-state index is 12.9. The predicted octanol–water partition coefficient (Wildman–Crippen LogP) is 4.75. The van der Waals surface area contributed by atoms with Gasteiger partial charge in [-0.05, 0) is 43.7 Å². The van der Waals surface area contributed by atoms with Gasteiger partial charge in [-0.3, -0.25) is 9.69 Å².